The first kappa shape index (κ1) is 37.5. The number of phenolic OH excluding ortho intramolecular Hbond substituents is 1. The first-order valence-electron chi connectivity index (χ1n) is 17.2. The third-order valence-corrected chi connectivity index (χ3v) is 9.09. The van der Waals surface area contributed by atoms with Crippen LogP contribution in [0, 0.1) is 6.92 Å². The maximum absolute atomic E-state index is 12.7. The van der Waals surface area contributed by atoms with Crippen molar-refractivity contribution in [2.75, 3.05) is 0 Å². The molecule has 8 nitrogen and oxygen atoms in total. The standard InChI is InChI=1S/C19H22N2O4.C17H25BO2.C2H6/c1-3-6-17(16-9-5-10-18(25-23)13(16)2)19(22)21-12-14-7-4-8-15(11-14)24-20;1-2-3-10-18-13-4-5-14(18)12-17(11-13)20-16-8-6-15(19)7-9-16;1-2/h4-11,23H,3,12,20H2,1-2H3,(H,21,22);6-9,13-14,17,19H,2-5,10-12H2,1H3;1-2H3/b17-6+;;. The van der Waals surface area contributed by atoms with Gasteiger partial charge in [-0.1, -0.05) is 102 Å². The van der Waals surface area contributed by atoms with Gasteiger partial charge in [-0.2, -0.15) is 5.90 Å². The van der Waals surface area contributed by atoms with Crippen LogP contribution in [-0.4, -0.2) is 29.1 Å². The van der Waals surface area contributed by atoms with Crippen LogP contribution >= 0.6 is 0 Å². The number of carbonyl (C=O) groups excluding carboxylic acids is 1. The fourth-order valence-electron chi connectivity index (χ4n) is 6.86. The normalized spacial score (nSPS) is 18.2. The smallest absolute Gasteiger partial charge is 0.251 e. The number of aromatic hydroxyl groups is 1. The lowest BCUT2D eigenvalue weighted by Gasteiger charge is -2.33. The Morgan fingerprint density at radius 2 is 1.68 bits per heavy atom. The zero-order chi connectivity index (χ0) is 34.2. The van der Waals surface area contributed by atoms with E-state index in [9.17, 15) is 9.90 Å². The molecule has 0 radical (unpaired) electrons. The summed E-state index contributed by atoms with van der Waals surface area (Å²) in [5.74, 6) is 8.78. The number of fused-ring (bicyclic) bond motifs is 2. The molecule has 47 heavy (non-hydrogen) atoms. The van der Waals surface area contributed by atoms with E-state index in [1.165, 1.54) is 44.8 Å². The second kappa shape index (κ2) is 19.7. The van der Waals surface area contributed by atoms with E-state index < -0.39 is 0 Å². The minimum Gasteiger partial charge on any atom is -0.508 e. The molecular formula is C38H53BN2O6. The largest absolute Gasteiger partial charge is 0.508 e. The summed E-state index contributed by atoms with van der Waals surface area (Å²) in [6.45, 7) is 11.3. The molecule has 2 aliphatic rings. The lowest BCUT2D eigenvalue weighted by atomic mass is 9.32. The Morgan fingerprint density at radius 3 is 2.30 bits per heavy atom. The number of rotatable bonds is 12. The highest BCUT2D eigenvalue weighted by molar-refractivity contribution is 6.63. The van der Waals surface area contributed by atoms with E-state index in [-0.39, 0.29) is 5.91 Å². The fourth-order valence-corrected chi connectivity index (χ4v) is 6.86. The summed E-state index contributed by atoms with van der Waals surface area (Å²) in [6, 6.07) is 19.5. The van der Waals surface area contributed by atoms with Gasteiger partial charge < -0.3 is 24.9 Å². The summed E-state index contributed by atoms with van der Waals surface area (Å²) in [5, 5.41) is 21.2. The molecule has 2 heterocycles. The Morgan fingerprint density at radius 1 is 1.00 bits per heavy atom. The number of hydrogen-bond acceptors (Lipinski definition) is 7. The average molecular weight is 645 g/mol. The highest BCUT2D eigenvalue weighted by Crippen LogP contribution is 2.51. The lowest BCUT2D eigenvalue weighted by Crippen LogP contribution is -2.34. The predicted molar refractivity (Wildman–Crippen MR) is 191 cm³/mol. The van der Waals surface area contributed by atoms with Crippen molar-refractivity contribution in [2.24, 2.45) is 5.90 Å². The molecule has 2 saturated heterocycles. The molecule has 5 rings (SSSR count). The molecule has 0 aliphatic carbocycles. The zero-order valence-corrected chi connectivity index (χ0v) is 28.7. The van der Waals surface area contributed by atoms with Crippen molar-refractivity contribution in [3.05, 3.63) is 89.5 Å². The highest BCUT2D eigenvalue weighted by Gasteiger charge is 2.45. The molecule has 0 saturated carbocycles. The van der Waals surface area contributed by atoms with Crippen LogP contribution in [0.3, 0.4) is 0 Å². The number of amides is 1. The van der Waals surface area contributed by atoms with Crippen LogP contribution < -0.4 is 25.7 Å². The Balaban J connectivity index is 0.000000247. The first-order valence-corrected chi connectivity index (χ1v) is 17.2. The molecule has 1 amide bonds. The summed E-state index contributed by atoms with van der Waals surface area (Å²) in [4.78, 5) is 21.7. The quantitative estimate of drug-likeness (QED) is 0.0672. The minimum absolute atomic E-state index is 0.209. The van der Waals surface area contributed by atoms with Crippen LogP contribution in [-0.2, 0) is 11.3 Å². The van der Waals surface area contributed by atoms with Crippen LogP contribution in [0.15, 0.2) is 72.8 Å². The van der Waals surface area contributed by atoms with Gasteiger partial charge >= 0.3 is 0 Å². The van der Waals surface area contributed by atoms with Gasteiger partial charge in [-0.3, -0.25) is 4.79 Å². The SMILES string of the molecule is CC.CC/C=C(/C(=O)NCc1cccc(ON)c1)c1cccc(OO)c1C.CCCCB1C2CCC1CC(Oc1ccc(O)cc1)C2. The topological polar surface area (TPSA) is 123 Å². The second-order valence-electron chi connectivity index (χ2n) is 12.1. The van der Waals surface area contributed by atoms with Gasteiger partial charge in [-0.25, -0.2) is 5.26 Å². The highest BCUT2D eigenvalue weighted by atomic mass is 17.1. The molecule has 2 bridgehead atoms. The molecule has 0 spiro atoms. The van der Waals surface area contributed by atoms with E-state index in [0.29, 0.717) is 53.0 Å². The van der Waals surface area contributed by atoms with Crippen molar-refractivity contribution in [3.8, 4) is 23.0 Å². The van der Waals surface area contributed by atoms with E-state index in [1.807, 2.05) is 51.1 Å². The first-order chi connectivity index (χ1) is 22.9. The van der Waals surface area contributed by atoms with Crippen molar-refractivity contribution >= 4 is 18.2 Å². The fraction of sp³-hybridized carbons (Fsp3) is 0.447. The van der Waals surface area contributed by atoms with Crippen molar-refractivity contribution in [1.29, 1.82) is 0 Å². The Labute approximate surface area is 281 Å². The maximum Gasteiger partial charge on any atom is 0.251 e. The minimum atomic E-state index is -0.209. The van der Waals surface area contributed by atoms with E-state index in [2.05, 4.69) is 17.1 Å². The van der Waals surface area contributed by atoms with Crippen molar-refractivity contribution in [1.82, 2.24) is 5.32 Å². The van der Waals surface area contributed by atoms with Crippen molar-refractivity contribution < 1.29 is 29.6 Å². The number of nitrogens with two attached hydrogens (primary N) is 1. The van der Waals surface area contributed by atoms with Crippen LogP contribution in [0.5, 0.6) is 23.0 Å². The summed E-state index contributed by atoms with van der Waals surface area (Å²) < 4.78 is 6.13. The lowest BCUT2D eigenvalue weighted by molar-refractivity contribution is -0.138. The van der Waals surface area contributed by atoms with E-state index in [1.54, 1.807) is 49.4 Å². The van der Waals surface area contributed by atoms with E-state index in [4.69, 9.17) is 20.7 Å². The third kappa shape index (κ3) is 10.8. The number of phenols is 1. The van der Waals surface area contributed by atoms with E-state index >= 15 is 0 Å². The second-order valence-corrected chi connectivity index (χ2v) is 12.1. The number of allylic oxidation sites excluding steroid dienone is 1. The van der Waals surface area contributed by atoms with Gasteiger partial charge in [0, 0.05) is 17.7 Å². The van der Waals surface area contributed by atoms with Gasteiger partial charge in [0.15, 0.2) is 5.75 Å². The summed E-state index contributed by atoms with van der Waals surface area (Å²) >= 11 is 0. The summed E-state index contributed by atoms with van der Waals surface area (Å²) in [7, 11) is 0. The molecule has 254 valence electrons. The summed E-state index contributed by atoms with van der Waals surface area (Å²) in [6.07, 6.45) is 12.3. The van der Waals surface area contributed by atoms with Gasteiger partial charge in [0.2, 0.25) is 0 Å². The molecule has 2 fully saturated rings. The van der Waals surface area contributed by atoms with Crippen LogP contribution in [0.2, 0.25) is 18.0 Å². The molecule has 9 heteroatoms. The molecule has 2 unspecified atom stereocenters. The number of nitrogens with one attached hydrogen (secondary N) is 1. The Hall–Kier alpha value is -3.95. The summed E-state index contributed by atoms with van der Waals surface area (Å²) in [5.41, 5.74) is 2.81. The number of hydrogen-bond donors (Lipinski definition) is 4. The van der Waals surface area contributed by atoms with Gasteiger partial charge in [0.25, 0.3) is 5.91 Å². The predicted octanol–water partition coefficient (Wildman–Crippen LogP) is 9.00. The van der Waals surface area contributed by atoms with Crippen LogP contribution in [0.25, 0.3) is 5.57 Å². The van der Waals surface area contributed by atoms with Gasteiger partial charge in [-0.15, -0.1) is 0 Å². The number of carbonyl (C=O) groups is 1. The van der Waals surface area contributed by atoms with Gasteiger partial charge in [0.05, 0.1) is 6.10 Å². The maximum atomic E-state index is 12.7. The molecule has 2 atom stereocenters. The third-order valence-electron chi connectivity index (χ3n) is 9.09. The van der Waals surface area contributed by atoms with Crippen molar-refractivity contribution in [2.45, 2.75) is 110 Å². The van der Waals surface area contributed by atoms with Crippen LogP contribution in [0.4, 0.5) is 0 Å². The molecule has 0 aromatic heterocycles. The Bertz CT molecular complexity index is 1400. The van der Waals surface area contributed by atoms with Crippen molar-refractivity contribution in [3.63, 3.8) is 0 Å². The number of benzene rings is 3. The molecule has 3 aromatic rings. The zero-order valence-electron chi connectivity index (χ0n) is 28.7. The van der Waals surface area contributed by atoms with E-state index in [0.717, 1.165) is 29.7 Å². The molecule has 2 aliphatic heterocycles. The van der Waals surface area contributed by atoms with Gasteiger partial charge in [-0.05, 0) is 79.8 Å². The van der Waals surface area contributed by atoms with Crippen LogP contribution in [0.1, 0.15) is 89.3 Å². The molecule has 5 N–H and O–H groups in total. The number of unbranched alkanes of at least 4 members (excludes halogenated alkanes) is 1. The number of ether oxygens (including phenoxy) is 1. The molecule has 3 aromatic carbocycles. The molecular weight excluding hydrogens is 591 g/mol. The monoisotopic (exact) mass is 644 g/mol. The van der Waals surface area contributed by atoms with Gasteiger partial charge in [0.1, 0.15) is 24.0 Å². The average Bonchev–Trinajstić information content (AvgIpc) is 3.34. The Kier molecular flexibility index (Phi) is 15.7.